The summed E-state index contributed by atoms with van der Waals surface area (Å²) in [5, 5.41) is 10.6. The number of ether oxygens (including phenoxy) is 1. The number of rotatable bonds is 4. The number of benzene rings is 1. The van der Waals surface area contributed by atoms with Crippen molar-refractivity contribution >= 4 is 18.4 Å². The summed E-state index contributed by atoms with van der Waals surface area (Å²) < 4.78 is 6.62. The van der Waals surface area contributed by atoms with Gasteiger partial charge in [0.2, 0.25) is 5.88 Å². The van der Waals surface area contributed by atoms with Crippen LogP contribution in [0.15, 0.2) is 34.1 Å². The van der Waals surface area contributed by atoms with Crippen LogP contribution in [0.3, 0.4) is 0 Å². The Morgan fingerprint density at radius 3 is 2.69 bits per heavy atom. The molecule has 1 saturated carbocycles. The van der Waals surface area contributed by atoms with Crippen LogP contribution in [0.4, 0.5) is 0 Å². The third-order valence-corrected chi connectivity index (χ3v) is 4.91. The molecular weight excluding hydrogens is 352 g/mol. The monoisotopic (exact) mass is 374 g/mol. The number of aromatic amines is 1. The number of nitrogens with zero attached hydrogens (tertiary/aromatic N) is 2. The molecule has 8 heteroatoms. The van der Waals surface area contributed by atoms with Gasteiger partial charge in [-0.2, -0.15) is 0 Å². The highest BCUT2D eigenvalue weighted by Gasteiger charge is 2.21. The van der Waals surface area contributed by atoms with Crippen molar-refractivity contribution in [2.24, 2.45) is 10.7 Å². The van der Waals surface area contributed by atoms with Crippen molar-refractivity contribution in [3.63, 3.8) is 0 Å². The van der Waals surface area contributed by atoms with E-state index in [-0.39, 0.29) is 28.3 Å². The predicted octanol–water partition coefficient (Wildman–Crippen LogP) is 2.30. The summed E-state index contributed by atoms with van der Waals surface area (Å²) in [5.74, 6) is 0.425. The molecule has 0 saturated heterocycles. The molecule has 0 aliphatic heterocycles. The number of H-pyrrole nitrogens is 1. The predicted molar refractivity (Wildman–Crippen MR) is 103 cm³/mol. The van der Waals surface area contributed by atoms with E-state index in [2.05, 4.69) is 9.98 Å². The summed E-state index contributed by atoms with van der Waals surface area (Å²) in [6.45, 7) is 0. The molecule has 4 N–H and O–H groups in total. The summed E-state index contributed by atoms with van der Waals surface area (Å²) in [4.78, 5) is 19.3. The molecule has 0 unspecified atom stereocenters. The highest BCUT2D eigenvalue weighted by atomic mass is 32.1. The number of hydrogen-bond donors (Lipinski definition) is 3. The van der Waals surface area contributed by atoms with E-state index >= 15 is 0 Å². The molecular formula is C18H22N4O3S. The first-order chi connectivity index (χ1) is 12.5. The standard InChI is InChI=1S/C18H22N4O3S/c1-25-12-8-6-11(7-9-12)22-17(24)13(16(23)21-18(22)26)10-20-15-5-3-2-4-14(15)19/h6-10,14-15,24H,2-5,19H2,1H3,(H,21,23,26)/t14-,15+/m0/s1. The number of aromatic nitrogens is 2. The summed E-state index contributed by atoms with van der Waals surface area (Å²) in [7, 11) is 1.57. The number of hydrogen-bond acceptors (Lipinski definition) is 6. The van der Waals surface area contributed by atoms with Crippen LogP contribution < -0.4 is 16.0 Å². The van der Waals surface area contributed by atoms with Gasteiger partial charge in [-0.25, -0.2) is 0 Å². The van der Waals surface area contributed by atoms with Crippen LogP contribution in [0.25, 0.3) is 5.69 Å². The minimum absolute atomic E-state index is 0.0202. The molecule has 7 nitrogen and oxygen atoms in total. The third kappa shape index (κ3) is 3.71. The molecule has 3 rings (SSSR count). The van der Waals surface area contributed by atoms with E-state index < -0.39 is 5.56 Å². The van der Waals surface area contributed by atoms with E-state index in [0.717, 1.165) is 25.7 Å². The van der Waals surface area contributed by atoms with Crippen LogP contribution in [0.1, 0.15) is 31.2 Å². The van der Waals surface area contributed by atoms with E-state index in [1.165, 1.54) is 10.8 Å². The number of methoxy groups -OCH3 is 1. The first-order valence-corrected chi connectivity index (χ1v) is 8.93. The maximum absolute atomic E-state index is 12.3. The van der Waals surface area contributed by atoms with Gasteiger partial charge in [-0.05, 0) is 49.3 Å². The topological polar surface area (TPSA) is 106 Å². The molecule has 1 aliphatic rings. The van der Waals surface area contributed by atoms with Gasteiger partial charge >= 0.3 is 0 Å². The smallest absolute Gasteiger partial charge is 0.264 e. The molecule has 1 aliphatic carbocycles. The number of aliphatic imine (C=N–C) groups is 1. The summed E-state index contributed by atoms with van der Waals surface area (Å²) >= 11 is 5.21. The van der Waals surface area contributed by atoms with Crippen LogP contribution in [0.5, 0.6) is 11.6 Å². The Balaban J connectivity index is 2.01. The summed E-state index contributed by atoms with van der Waals surface area (Å²) in [6.07, 6.45) is 5.37. The lowest BCUT2D eigenvalue weighted by Gasteiger charge is -2.25. The number of nitrogens with two attached hydrogens (primary N) is 1. The molecule has 2 atom stereocenters. The molecule has 1 aromatic heterocycles. The van der Waals surface area contributed by atoms with Gasteiger partial charge < -0.3 is 15.6 Å². The molecule has 0 bridgehead atoms. The van der Waals surface area contributed by atoms with Crippen LogP contribution in [-0.2, 0) is 0 Å². The lowest BCUT2D eigenvalue weighted by atomic mass is 9.91. The van der Waals surface area contributed by atoms with Crippen molar-refractivity contribution in [3.8, 4) is 17.3 Å². The minimum Gasteiger partial charge on any atom is -0.497 e. The molecule has 1 fully saturated rings. The SMILES string of the molecule is COc1ccc(-n2c(O)c(C=N[C@@H]3CCCC[C@@H]3N)c(=O)[nH]c2=S)cc1. The van der Waals surface area contributed by atoms with Gasteiger partial charge in [0.1, 0.15) is 11.3 Å². The molecule has 26 heavy (non-hydrogen) atoms. The van der Waals surface area contributed by atoms with Crippen molar-refractivity contribution < 1.29 is 9.84 Å². The largest absolute Gasteiger partial charge is 0.497 e. The van der Waals surface area contributed by atoms with Gasteiger partial charge in [0.25, 0.3) is 5.56 Å². The third-order valence-electron chi connectivity index (χ3n) is 4.63. The van der Waals surface area contributed by atoms with Crippen molar-refractivity contribution in [3.05, 3.63) is 45.0 Å². The molecule has 0 radical (unpaired) electrons. The fourth-order valence-electron chi connectivity index (χ4n) is 3.12. The Morgan fingerprint density at radius 2 is 2.04 bits per heavy atom. The normalized spacial score (nSPS) is 20.4. The molecule has 1 aromatic carbocycles. The first-order valence-electron chi connectivity index (χ1n) is 8.52. The Hall–Kier alpha value is -2.45. The van der Waals surface area contributed by atoms with Gasteiger partial charge in [-0.15, -0.1) is 0 Å². The summed E-state index contributed by atoms with van der Waals surface area (Å²) in [5.41, 5.74) is 6.28. The summed E-state index contributed by atoms with van der Waals surface area (Å²) in [6, 6.07) is 6.91. The Morgan fingerprint density at radius 1 is 1.35 bits per heavy atom. The van der Waals surface area contributed by atoms with Gasteiger partial charge in [0, 0.05) is 12.3 Å². The van der Waals surface area contributed by atoms with Crippen molar-refractivity contribution in [1.29, 1.82) is 0 Å². The van der Waals surface area contributed by atoms with Gasteiger partial charge in [0.05, 0.1) is 18.8 Å². The lowest BCUT2D eigenvalue weighted by Crippen LogP contribution is -2.36. The highest BCUT2D eigenvalue weighted by Crippen LogP contribution is 2.22. The minimum atomic E-state index is -0.481. The molecule has 138 valence electrons. The number of nitrogens with one attached hydrogen (secondary N) is 1. The maximum atomic E-state index is 12.3. The molecule has 1 heterocycles. The van der Waals surface area contributed by atoms with E-state index in [9.17, 15) is 9.90 Å². The average molecular weight is 374 g/mol. The van der Waals surface area contributed by atoms with E-state index in [1.807, 2.05) is 0 Å². The van der Waals surface area contributed by atoms with Crippen LogP contribution >= 0.6 is 12.2 Å². The van der Waals surface area contributed by atoms with Crippen LogP contribution in [0.2, 0.25) is 0 Å². The van der Waals surface area contributed by atoms with E-state index in [0.29, 0.717) is 11.4 Å². The second-order valence-electron chi connectivity index (χ2n) is 6.32. The quantitative estimate of drug-likeness (QED) is 0.562. The lowest BCUT2D eigenvalue weighted by molar-refractivity contribution is 0.387. The maximum Gasteiger partial charge on any atom is 0.264 e. The zero-order chi connectivity index (χ0) is 18.7. The molecule has 0 spiro atoms. The van der Waals surface area contributed by atoms with Crippen LogP contribution in [0, 0.1) is 4.77 Å². The zero-order valence-corrected chi connectivity index (χ0v) is 15.3. The molecule has 2 aromatic rings. The Kier molecular flexibility index (Phi) is 5.53. The van der Waals surface area contributed by atoms with Gasteiger partial charge in [-0.1, -0.05) is 12.8 Å². The highest BCUT2D eigenvalue weighted by molar-refractivity contribution is 7.71. The Labute approximate surface area is 156 Å². The fourth-order valence-corrected chi connectivity index (χ4v) is 3.41. The zero-order valence-electron chi connectivity index (χ0n) is 14.5. The molecule has 0 amide bonds. The Bertz CT molecular complexity index is 918. The van der Waals surface area contributed by atoms with Crippen molar-refractivity contribution in [1.82, 2.24) is 9.55 Å². The second kappa shape index (κ2) is 7.84. The van der Waals surface area contributed by atoms with Gasteiger partial charge in [0.15, 0.2) is 4.77 Å². The fraction of sp³-hybridized carbons (Fsp3) is 0.389. The van der Waals surface area contributed by atoms with Crippen LogP contribution in [-0.4, -0.2) is 40.1 Å². The average Bonchev–Trinajstić information content (AvgIpc) is 2.63. The number of aromatic hydroxyl groups is 1. The first kappa shape index (κ1) is 18.3. The van der Waals surface area contributed by atoms with Crippen molar-refractivity contribution in [2.45, 2.75) is 37.8 Å². The second-order valence-corrected chi connectivity index (χ2v) is 6.71. The van der Waals surface area contributed by atoms with E-state index in [4.69, 9.17) is 22.7 Å². The van der Waals surface area contributed by atoms with Gasteiger partial charge in [-0.3, -0.25) is 19.3 Å². The van der Waals surface area contributed by atoms with Crippen molar-refractivity contribution in [2.75, 3.05) is 7.11 Å². The van der Waals surface area contributed by atoms with E-state index in [1.54, 1.807) is 31.4 Å².